The normalized spacial score (nSPS) is 10.1. The Morgan fingerprint density at radius 3 is 2.58 bits per heavy atom. The third kappa shape index (κ3) is 5.61. The first-order valence-corrected chi connectivity index (χ1v) is 7.02. The fraction of sp³-hybridized carbons (Fsp3) is 0.385. The number of hydrogen-bond acceptors (Lipinski definition) is 2. The second kappa shape index (κ2) is 7.50. The molecule has 1 rings (SSSR count). The van der Waals surface area contributed by atoms with Crippen LogP contribution in [0, 0.1) is 0 Å². The molecule has 1 aromatic rings. The first kappa shape index (κ1) is 16.0. The third-order valence-electron chi connectivity index (χ3n) is 2.50. The summed E-state index contributed by atoms with van der Waals surface area (Å²) in [4.78, 5) is 24.5. The lowest BCUT2D eigenvalue weighted by Crippen LogP contribution is -2.21. The summed E-state index contributed by atoms with van der Waals surface area (Å²) >= 11 is 9.15. The van der Waals surface area contributed by atoms with Gasteiger partial charge in [-0.3, -0.25) is 9.59 Å². The average Bonchev–Trinajstić information content (AvgIpc) is 2.33. The molecule has 0 radical (unpaired) electrons. The summed E-state index contributed by atoms with van der Waals surface area (Å²) in [5.74, 6) is -0.0807. The maximum absolute atomic E-state index is 11.7. The van der Waals surface area contributed by atoms with E-state index in [0.29, 0.717) is 30.0 Å². The Kier molecular flexibility index (Phi) is 6.31. The fourth-order valence-corrected chi connectivity index (χ4v) is 1.92. The van der Waals surface area contributed by atoms with Gasteiger partial charge in [0.2, 0.25) is 11.8 Å². The Morgan fingerprint density at radius 2 is 2.00 bits per heavy atom. The number of amides is 2. The highest BCUT2D eigenvalue weighted by Crippen LogP contribution is 2.25. The maximum Gasteiger partial charge on any atom is 0.224 e. The summed E-state index contributed by atoms with van der Waals surface area (Å²) < 4.78 is 0.731. The summed E-state index contributed by atoms with van der Waals surface area (Å²) in [6.45, 7) is 0. The Balaban J connectivity index is 2.39. The lowest BCUT2D eigenvalue weighted by molar-refractivity contribution is -0.128. The van der Waals surface area contributed by atoms with Gasteiger partial charge in [0.25, 0.3) is 0 Å². The zero-order chi connectivity index (χ0) is 14.4. The minimum absolute atomic E-state index is 0.0297. The van der Waals surface area contributed by atoms with Crippen molar-refractivity contribution in [2.75, 3.05) is 19.4 Å². The van der Waals surface area contributed by atoms with Crippen LogP contribution in [0.2, 0.25) is 5.02 Å². The number of carbonyl (C=O) groups excluding carboxylic acids is 2. The van der Waals surface area contributed by atoms with E-state index in [-0.39, 0.29) is 11.8 Å². The van der Waals surface area contributed by atoms with Gasteiger partial charge in [-0.1, -0.05) is 11.6 Å². The van der Waals surface area contributed by atoms with Crippen molar-refractivity contribution in [3.8, 4) is 0 Å². The lowest BCUT2D eigenvalue weighted by atomic mass is 10.2. The van der Waals surface area contributed by atoms with Gasteiger partial charge in [0.15, 0.2) is 0 Å². The van der Waals surface area contributed by atoms with E-state index in [9.17, 15) is 9.59 Å². The van der Waals surface area contributed by atoms with Crippen molar-refractivity contribution in [1.29, 1.82) is 0 Å². The number of carbonyl (C=O) groups is 2. The summed E-state index contributed by atoms with van der Waals surface area (Å²) in [6, 6.07) is 5.18. The highest BCUT2D eigenvalue weighted by Gasteiger charge is 2.07. The molecule has 0 spiro atoms. The largest absolute Gasteiger partial charge is 0.349 e. The minimum atomic E-state index is -0.110. The van der Waals surface area contributed by atoms with E-state index in [1.54, 1.807) is 32.3 Å². The SMILES string of the molecule is CN(C)C(=O)CCCC(=O)Nc1ccc(Cl)c(Br)c1. The number of hydrogen-bond donors (Lipinski definition) is 1. The predicted octanol–water partition coefficient (Wildman–Crippen LogP) is 3.30. The molecule has 0 aliphatic rings. The molecule has 0 aliphatic carbocycles. The molecule has 6 heteroatoms. The standard InChI is InChI=1S/C13H16BrClN2O2/c1-17(2)13(19)5-3-4-12(18)16-9-6-7-11(15)10(14)8-9/h6-8H,3-5H2,1-2H3,(H,16,18). The molecule has 19 heavy (non-hydrogen) atoms. The van der Waals surface area contributed by atoms with Crippen LogP contribution in [0.3, 0.4) is 0 Å². The molecule has 0 bridgehead atoms. The van der Waals surface area contributed by atoms with Gasteiger partial charge in [0.1, 0.15) is 0 Å². The Bertz CT molecular complexity index is 478. The van der Waals surface area contributed by atoms with Gasteiger partial charge in [0, 0.05) is 37.1 Å². The van der Waals surface area contributed by atoms with Gasteiger partial charge in [0.05, 0.1) is 5.02 Å². The molecule has 0 aliphatic heterocycles. The first-order chi connectivity index (χ1) is 8.90. The number of rotatable bonds is 5. The van der Waals surface area contributed by atoms with Gasteiger partial charge in [-0.25, -0.2) is 0 Å². The number of benzene rings is 1. The van der Waals surface area contributed by atoms with Crippen molar-refractivity contribution in [3.63, 3.8) is 0 Å². The Labute approximate surface area is 126 Å². The highest BCUT2D eigenvalue weighted by atomic mass is 79.9. The fourth-order valence-electron chi connectivity index (χ4n) is 1.42. The lowest BCUT2D eigenvalue weighted by Gasteiger charge is -2.10. The van der Waals surface area contributed by atoms with E-state index < -0.39 is 0 Å². The van der Waals surface area contributed by atoms with E-state index in [2.05, 4.69) is 21.2 Å². The molecule has 1 N–H and O–H groups in total. The van der Waals surface area contributed by atoms with Crippen LogP contribution in [-0.4, -0.2) is 30.8 Å². The van der Waals surface area contributed by atoms with Crippen molar-refractivity contribution in [1.82, 2.24) is 4.90 Å². The van der Waals surface area contributed by atoms with E-state index in [0.717, 1.165) is 4.47 Å². The van der Waals surface area contributed by atoms with Crippen molar-refractivity contribution >= 4 is 45.0 Å². The molecule has 1 aromatic carbocycles. The average molecular weight is 348 g/mol. The van der Waals surface area contributed by atoms with Crippen LogP contribution in [0.1, 0.15) is 19.3 Å². The van der Waals surface area contributed by atoms with E-state index in [4.69, 9.17) is 11.6 Å². The smallest absolute Gasteiger partial charge is 0.224 e. The molecule has 0 saturated carbocycles. The van der Waals surface area contributed by atoms with Crippen molar-refractivity contribution in [2.45, 2.75) is 19.3 Å². The maximum atomic E-state index is 11.7. The van der Waals surface area contributed by atoms with Crippen LogP contribution < -0.4 is 5.32 Å². The number of nitrogens with zero attached hydrogens (tertiary/aromatic N) is 1. The molecule has 0 unspecified atom stereocenters. The number of nitrogens with one attached hydrogen (secondary N) is 1. The highest BCUT2D eigenvalue weighted by molar-refractivity contribution is 9.10. The van der Waals surface area contributed by atoms with Crippen LogP contribution in [0.5, 0.6) is 0 Å². The molecule has 0 atom stereocenters. The second-order valence-corrected chi connectivity index (χ2v) is 5.58. The summed E-state index contributed by atoms with van der Waals surface area (Å²) in [5.41, 5.74) is 0.681. The molecule has 0 fully saturated rings. The van der Waals surface area contributed by atoms with Crippen LogP contribution >= 0.6 is 27.5 Å². The van der Waals surface area contributed by atoms with Crippen LogP contribution in [0.15, 0.2) is 22.7 Å². The van der Waals surface area contributed by atoms with Crippen molar-refractivity contribution < 1.29 is 9.59 Å². The topological polar surface area (TPSA) is 49.4 Å². The van der Waals surface area contributed by atoms with Crippen LogP contribution in [0.25, 0.3) is 0 Å². The molecule has 0 aromatic heterocycles. The van der Waals surface area contributed by atoms with Crippen molar-refractivity contribution in [3.05, 3.63) is 27.7 Å². The van der Waals surface area contributed by atoms with Crippen LogP contribution in [-0.2, 0) is 9.59 Å². The molecular weight excluding hydrogens is 332 g/mol. The monoisotopic (exact) mass is 346 g/mol. The van der Waals surface area contributed by atoms with Crippen LogP contribution in [0.4, 0.5) is 5.69 Å². The van der Waals surface area contributed by atoms with E-state index in [1.165, 1.54) is 4.90 Å². The third-order valence-corrected chi connectivity index (χ3v) is 3.71. The van der Waals surface area contributed by atoms with Gasteiger partial charge < -0.3 is 10.2 Å². The quantitative estimate of drug-likeness (QED) is 0.888. The zero-order valence-corrected chi connectivity index (χ0v) is 13.2. The second-order valence-electron chi connectivity index (χ2n) is 4.32. The first-order valence-electron chi connectivity index (χ1n) is 5.85. The molecule has 4 nitrogen and oxygen atoms in total. The Hall–Kier alpha value is -1.07. The summed E-state index contributed by atoms with van der Waals surface area (Å²) in [6.07, 6.45) is 1.24. The van der Waals surface area contributed by atoms with Gasteiger partial charge in [-0.05, 0) is 40.5 Å². The molecule has 2 amide bonds. The van der Waals surface area contributed by atoms with Gasteiger partial charge >= 0.3 is 0 Å². The van der Waals surface area contributed by atoms with Gasteiger partial charge in [-0.15, -0.1) is 0 Å². The summed E-state index contributed by atoms with van der Waals surface area (Å²) in [5, 5.41) is 3.35. The number of halogens is 2. The van der Waals surface area contributed by atoms with Gasteiger partial charge in [-0.2, -0.15) is 0 Å². The Morgan fingerprint density at radius 1 is 1.32 bits per heavy atom. The predicted molar refractivity (Wildman–Crippen MR) is 80.3 cm³/mol. The van der Waals surface area contributed by atoms with Crippen molar-refractivity contribution in [2.24, 2.45) is 0 Å². The molecule has 0 saturated heterocycles. The number of anilines is 1. The van der Waals surface area contributed by atoms with E-state index in [1.807, 2.05) is 0 Å². The van der Waals surface area contributed by atoms with E-state index >= 15 is 0 Å². The minimum Gasteiger partial charge on any atom is -0.349 e. The molecule has 104 valence electrons. The molecule has 0 heterocycles. The zero-order valence-electron chi connectivity index (χ0n) is 10.9. The summed E-state index contributed by atoms with van der Waals surface area (Å²) in [7, 11) is 3.40. The molecular formula is C13H16BrClN2O2.